The minimum absolute atomic E-state index is 0.874. The Morgan fingerprint density at radius 3 is 1.75 bits per heavy atom. The van der Waals surface area contributed by atoms with E-state index in [-0.39, 0.29) is 0 Å². The first-order chi connectivity index (χ1) is 25.8. The van der Waals surface area contributed by atoms with Crippen LogP contribution < -0.4 is 4.90 Å². The van der Waals surface area contributed by atoms with Gasteiger partial charge in [-0.3, -0.25) is 0 Å². The first kappa shape index (κ1) is 30.0. The third-order valence-corrected chi connectivity index (χ3v) is 10.2. The molecule has 9 aromatic carbocycles. The quantitative estimate of drug-likeness (QED) is 0.176. The van der Waals surface area contributed by atoms with E-state index in [4.69, 9.17) is 4.42 Å². The second-order valence-electron chi connectivity index (χ2n) is 13.3. The third-order valence-electron chi connectivity index (χ3n) is 10.2. The second kappa shape index (κ2) is 12.5. The third kappa shape index (κ3) is 5.12. The van der Waals surface area contributed by atoms with Crippen LogP contribution in [0, 0.1) is 0 Å². The van der Waals surface area contributed by atoms with Crippen molar-refractivity contribution in [3.05, 3.63) is 200 Å². The van der Waals surface area contributed by atoms with Gasteiger partial charge in [0, 0.05) is 27.7 Å². The molecular weight excluding hydrogens is 631 g/mol. The molecule has 0 atom stereocenters. The zero-order chi connectivity index (χ0) is 34.4. The van der Waals surface area contributed by atoms with Crippen LogP contribution in [0.15, 0.2) is 205 Å². The Kier molecular flexibility index (Phi) is 7.18. The molecule has 1 aromatic heterocycles. The molecule has 0 saturated carbocycles. The van der Waals surface area contributed by atoms with Gasteiger partial charge in [-0.05, 0) is 97.9 Å². The highest BCUT2D eigenvalue weighted by Gasteiger charge is 2.24. The van der Waals surface area contributed by atoms with Crippen LogP contribution in [0.3, 0.4) is 0 Å². The Morgan fingerprint density at radius 2 is 0.942 bits per heavy atom. The van der Waals surface area contributed by atoms with E-state index in [0.717, 1.165) is 44.6 Å². The summed E-state index contributed by atoms with van der Waals surface area (Å²) in [7, 11) is 0. The number of benzene rings is 9. The molecule has 244 valence electrons. The molecule has 52 heavy (non-hydrogen) atoms. The molecule has 0 N–H and O–H groups in total. The van der Waals surface area contributed by atoms with Crippen LogP contribution in [0.2, 0.25) is 0 Å². The van der Waals surface area contributed by atoms with Crippen molar-refractivity contribution in [2.24, 2.45) is 0 Å². The maximum absolute atomic E-state index is 6.52. The highest BCUT2D eigenvalue weighted by atomic mass is 16.3. The van der Waals surface area contributed by atoms with E-state index < -0.39 is 0 Å². The lowest BCUT2D eigenvalue weighted by Gasteiger charge is -2.29. The van der Waals surface area contributed by atoms with Crippen molar-refractivity contribution in [2.45, 2.75) is 0 Å². The average Bonchev–Trinajstić information content (AvgIpc) is 3.60. The van der Waals surface area contributed by atoms with Crippen LogP contribution in [0.5, 0.6) is 0 Å². The predicted octanol–water partition coefficient (Wildman–Crippen LogP) is 14.4. The topological polar surface area (TPSA) is 16.4 Å². The molecule has 2 nitrogen and oxygen atoms in total. The maximum Gasteiger partial charge on any atom is 0.136 e. The zero-order valence-electron chi connectivity index (χ0n) is 28.4. The summed E-state index contributed by atoms with van der Waals surface area (Å²) < 4.78 is 6.52. The number of furan rings is 1. The van der Waals surface area contributed by atoms with Crippen LogP contribution in [-0.4, -0.2) is 0 Å². The molecule has 2 heteroatoms. The summed E-state index contributed by atoms with van der Waals surface area (Å²) in [5.74, 6) is 0. The largest absolute Gasteiger partial charge is 0.456 e. The summed E-state index contributed by atoms with van der Waals surface area (Å²) >= 11 is 0. The number of para-hydroxylation sites is 1. The number of nitrogens with zero attached hydrogens (tertiary/aromatic N) is 1. The second-order valence-corrected chi connectivity index (χ2v) is 13.3. The van der Waals surface area contributed by atoms with Crippen molar-refractivity contribution in [3.63, 3.8) is 0 Å². The van der Waals surface area contributed by atoms with Gasteiger partial charge < -0.3 is 9.32 Å². The Bertz CT molecular complexity index is 2880. The van der Waals surface area contributed by atoms with Gasteiger partial charge in [-0.25, -0.2) is 0 Å². The van der Waals surface area contributed by atoms with Crippen molar-refractivity contribution in [3.8, 4) is 33.4 Å². The van der Waals surface area contributed by atoms with Crippen molar-refractivity contribution >= 4 is 60.5 Å². The lowest BCUT2D eigenvalue weighted by atomic mass is 9.92. The lowest BCUT2D eigenvalue weighted by molar-refractivity contribution is 0.669. The predicted molar refractivity (Wildman–Crippen MR) is 220 cm³/mol. The fourth-order valence-electron chi connectivity index (χ4n) is 7.75. The van der Waals surface area contributed by atoms with E-state index in [1.165, 1.54) is 49.4 Å². The number of hydrogen-bond donors (Lipinski definition) is 0. The minimum atomic E-state index is 0.874. The summed E-state index contributed by atoms with van der Waals surface area (Å²) in [5, 5.41) is 7.02. The van der Waals surface area contributed by atoms with E-state index in [1.807, 2.05) is 6.07 Å². The van der Waals surface area contributed by atoms with E-state index >= 15 is 0 Å². The molecule has 1 heterocycles. The van der Waals surface area contributed by atoms with Crippen molar-refractivity contribution < 1.29 is 4.42 Å². The Morgan fingerprint density at radius 1 is 0.346 bits per heavy atom. The van der Waals surface area contributed by atoms with Crippen molar-refractivity contribution in [2.75, 3.05) is 4.90 Å². The number of anilines is 3. The SMILES string of the molecule is c1ccc(-c2ccc(N(c3ccc4cc(-c5ccccc5)ccc4c3)c3ccc4oc5ccccc5c4c3-c3cccc4ccccc34)cc2)cc1. The standard InChI is InChI=1S/C50H33NO/c1-3-12-34(13-4-1)36-24-27-41(28-25-36)51(42-29-26-39-32-38(22-23-40(39)33-42)35-14-5-2-6-15-35)46-30-31-48-50(45-19-9-10-21-47(45)52-48)49(46)44-20-11-17-37-16-7-8-18-43(37)44/h1-33H. The van der Waals surface area contributed by atoms with Gasteiger partial charge in [0.2, 0.25) is 0 Å². The molecular formula is C50H33NO. The fraction of sp³-hybridized carbons (Fsp3) is 0. The molecule has 0 bridgehead atoms. The van der Waals surface area contributed by atoms with Crippen molar-refractivity contribution in [1.82, 2.24) is 0 Å². The van der Waals surface area contributed by atoms with Crippen LogP contribution in [0.4, 0.5) is 17.1 Å². The molecule has 0 radical (unpaired) electrons. The monoisotopic (exact) mass is 663 g/mol. The van der Waals surface area contributed by atoms with E-state index in [1.54, 1.807) is 0 Å². The first-order valence-corrected chi connectivity index (χ1v) is 17.8. The number of rotatable bonds is 6. The van der Waals surface area contributed by atoms with Crippen LogP contribution in [-0.2, 0) is 0 Å². The van der Waals surface area contributed by atoms with E-state index in [0.29, 0.717) is 0 Å². The lowest BCUT2D eigenvalue weighted by Crippen LogP contribution is -2.11. The van der Waals surface area contributed by atoms with Crippen LogP contribution in [0.1, 0.15) is 0 Å². The van der Waals surface area contributed by atoms with Crippen LogP contribution in [0.25, 0.3) is 76.9 Å². The van der Waals surface area contributed by atoms with Crippen molar-refractivity contribution in [1.29, 1.82) is 0 Å². The van der Waals surface area contributed by atoms with Gasteiger partial charge in [-0.1, -0.05) is 152 Å². The Hall–Kier alpha value is -6.90. The van der Waals surface area contributed by atoms with Gasteiger partial charge in [-0.2, -0.15) is 0 Å². The Labute approximate surface area is 302 Å². The highest BCUT2D eigenvalue weighted by molar-refractivity contribution is 6.19. The van der Waals surface area contributed by atoms with Gasteiger partial charge in [-0.15, -0.1) is 0 Å². The summed E-state index contributed by atoms with van der Waals surface area (Å²) in [5.41, 5.74) is 12.1. The highest BCUT2D eigenvalue weighted by Crippen LogP contribution is 2.49. The van der Waals surface area contributed by atoms with Gasteiger partial charge in [0.25, 0.3) is 0 Å². The molecule has 10 aromatic rings. The van der Waals surface area contributed by atoms with Gasteiger partial charge in [0.05, 0.1) is 5.69 Å². The molecule has 0 aliphatic carbocycles. The molecule has 0 amide bonds. The minimum Gasteiger partial charge on any atom is -0.456 e. The maximum atomic E-state index is 6.52. The van der Waals surface area contributed by atoms with E-state index in [2.05, 4.69) is 199 Å². The number of fused-ring (bicyclic) bond motifs is 5. The molecule has 0 aliphatic heterocycles. The summed E-state index contributed by atoms with van der Waals surface area (Å²) in [4.78, 5) is 2.41. The first-order valence-electron chi connectivity index (χ1n) is 17.8. The normalized spacial score (nSPS) is 11.5. The summed E-state index contributed by atoms with van der Waals surface area (Å²) in [6.45, 7) is 0. The smallest absolute Gasteiger partial charge is 0.136 e. The van der Waals surface area contributed by atoms with Gasteiger partial charge in [0.15, 0.2) is 0 Å². The fourth-order valence-corrected chi connectivity index (χ4v) is 7.75. The summed E-state index contributed by atoms with van der Waals surface area (Å²) in [6, 6.07) is 71.7. The zero-order valence-corrected chi connectivity index (χ0v) is 28.4. The molecule has 10 rings (SSSR count). The number of hydrogen-bond acceptors (Lipinski definition) is 2. The van der Waals surface area contributed by atoms with Gasteiger partial charge >= 0.3 is 0 Å². The Balaban J connectivity index is 1.24. The van der Waals surface area contributed by atoms with Crippen LogP contribution >= 0.6 is 0 Å². The summed E-state index contributed by atoms with van der Waals surface area (Å²) in [6.07, 6.45) is 0. The molecule has 0 spiro atoms. The van der Waals surface area contributed by atoms with Gasteiger partial charge in [0.1, 0.15) is 11.2 Å². The molecule has 0 saturated heterocycles. The molecule has 0 aliphatic rings. The molecule has 0 fully saturated rings. The average molecular weight is 664 g/mol. The molecule has 0 unspecified atom stereocenters. The van der Waals surface area contributed by atoms with E-state index in [9.17, 15) is 0 Å².